The molecule has 8 rings (SSSR count). The van der Waals surface area contributed by atoms with Crippen molar-refractivity contribution in [1.29, 1.82) is 0 Å². The van der Waals surface area contributed by atoms with Crippen LogP contribution in [0.5, 0.6) is 0 Å². The number of nitrogens with zero attached hydrogens (tertiary/aromatic N) is 1. The van der Waals surface area contributed by atoms with Crippen molar-refractivity contribution in [3.8, 4) is 22.3 Å². The third-order valence-electron chi connectivity index (χ3n) is 8.02. The van der Waals surface area contributed by atoms with Crippen LogP contribution in [0.1, 0.15) is 0 Å². The number of thiophene rings is 1. The normalized spacial score (nSPS) is 11.3. The molecule has 2 heteroatoms. The van der Waals surface area contributed by atoms with E-state index in [-0.39, 0.29) is 0 Å². The van der Waals surface area contributed by atoms with E-state index in [1.165, 1.54) is 53.2 Å². The molecule has 0 radical (unpaired) electrons. The molecule has 0 bridgehead atoms. The lowest BCUT2D eigenvalue weighted by Crippen LogP contribution is -2.09. The Bertz CT molecular complexity index is 2180. The highest BCUT2D eigenvalue weighted by molar-refractivity contribution is 7.25. The summed E-state index contributed by atoms with van der Waals surface area (Å²) in [5, 5.41) is 5.17. The van der Waals surface area contributed by atoms with Crippen LogP contribution in [0, 0.1) is 0 Å². The molecule has 8 aromatic rings. The first kappa shape index (κ1) is 24.6. The predicted molar refractivity (Wildman–Crippen MR) is 182 cm³/mol. The number of rotatable bonds is 5. The van der Waals surface area contributed by atoms with Crippen molar-refractivity contribution < 1.29 is 0 Å². The van der Waals surface area contributed by atoms with E-state index in [2.05, 4.69) is 169 Å². The Balaban J connectivity index is 1.23. The van der Waals surface area contributed by atoms with Gasteiger partial charge in [0.2, 0.25) is 0 Å². The van der Waals surface area contributed by atoms with Gasteiger partial charge in [-0.25, -0.2) is 0 Å². The highest BCUT2D eigenvalue weighted by Gasteiger charge is 2.15. The zero-order valence-corrected chi connectivity index (χ0v) is 23.8. The van der Waals surface area contributed by atoms with E-state index < -0.39 is 0 Å². The van der Waals surface area contributed by atoms with E-state index in [1.807, 2.05) is 11.3 Å². The van der Waals surface area contributed by atoms with Crippen LogP contribution in [0.4, 0.5) is 17.1 Å². The molecule has 0 aliphatic rings. The molecule has 42 heavy (non-hydrogen) atoms. The van der Waals surface area contributed by atoms with Gasteiger partial charge in [0, 0.05) is 37.2 Å². The molecule has 1 nitrogen and oxygen atoms in total. The second-order valence-corrected chi connectivity index (χ2v) is 11.7. The van der Waals surface area contributed by atoms with Gasteiger partial charge in [-0.1, -0.05) is 109 Å². The van der Waals surface area contributed by atoms with Gasteiger partial charge in [0.1, 0.15) is 0 Å². The van der Waals surface area contributed by atoms with Gasteiger partial charge in [-0.05, 0) is 87.6 Å². The van der Waals surface area contributed by atoms with Gasteiger partial charge >= 0.3 is 0 Å². The summed E-state index contributed by atoms with van der Waals surface area (Å²) >= 11 is 1.87. The minimum absolute atomic E-state index is 1.13. The zero-order chi connectivity index (χ0) is 27.9. The summed E-state index contributed by atoms with van der Waals surface area (Å²) in [5.41, 5.74) is 8.27. The topological polar surface area (TPSA) is 3.24 Å². The number of hydrogen-bond donors (Lipinski definition) is 0. The predicted octanol–water partition coefficient (Wildman–Crippen LogP) is 12.0. The molecule has 0 atom stereocenters. The van der Waals surface area contributed by atoms with E-state index in [1.54, 1.807) is 0 Å². The van der Waals surface area contributed by atoms with Gasteiger partial charge in [-0.2, -0.15) is 0 Å². The molecule has 0 saturated heterocycles. The summed E-state index contributed by atoms with van der Waals surface area (Å²) in [6, 6.07) is 59.2. The van der Waals surface area contributed by atoms with Crippen LogP contribution in [0.25, 0.3) is 53.2 Å². The number of hydrogen-bond acceptors (Lipinski definition) is 2. The quantitative estimate of drug-likeness (QED) is 0.205. The van der Waals surface area contributed by atoms with Gasteiger partial charge in [-0.15, -0.1) is 11.3 Å². The molecule has 0 aliphatic carbocycles. The summed E-state index contributed by atoms with van der Waals surface area (Å²) in [7, 11) is 0. The Kier molecular flexibility index (Phi) is 6.05. The molecule has 7 aromatic carbocycles. The van der Waals surface area contributed by atoms with Gasteiger partial charge in [-0.3, -0.25) is 0 Å². The van der Waals surface area contributed by atoms with Crippen molar-refractivity contribution in [1.82, 2.24) is 0 Å². The fourth-order valence-corrected chi connectivity index (χ4v) is 7.07. The molecular formula is C40H27NS. The monoisotopic (exact) mass is 553 g/mol. The largest absolute Gasteiger partial charge is 0.310 e. The van der Waals surface area contributed by atoms with Crippen LogP contribution in [0.3, 0.4) is 0 Å². The Hall–Kier alpha value is -5.18. The third kappa shape index (κ3) is 4.43. The number of fused-ring (bicyclic) bond motifs is 4. The second kappa shape index (κ2) is 10.3. The fraction of sp³-hybridized carbons (Fsp3) is 0. The molecule has 0 fully saturated rings. The smallest absolute Gasteiger partial charge is 0.0468 e. The lowest BCUT2D eigenvalue weighted by molar-refractivity contribution is 1.29. The molecule has 0 aliphatic heterocycles. The second-order valence-electron chi connectivity index (χ2n) is 10.6. The average molecular weight is 554 g/mol. The maximum absolute atomic E-state index is 2.36. The van der Waals surface area contributed by atoms with Crippen LogP contribution in [0.2, 0.25) is 0 Å². The van der Waals surface area contributed by atoms with Crippen molar-refractivity contribution in [3.63, 3.8) is 0 Å². The summed E-state index contributed by atoms with van der Waals surface area (Å²) in [4.78, 5) is 2.36. The summed E-state index contributed by atoms with van der Waals surface area (Å²) in [6.07, 6.45) is 0. The Morgan fingerprint density at radius 1 is 0.333 bits per heavy atom. The van der Waals surface area contributed by atoms with Gasteiger partial charge in [0.15, 0.2) is 0 Å². The maximum atomic E-state index is 2.36. The SMILES string of the molecule is c1ccc(-c2ccc(-c3cccc(N(c4ccccc4)c4ccc5cc6sc7ccccc7c6cc5c4)c3)cc2)cc1. The standard InChI is InChI=1S/C40H27NS/c1-3-10-28(11-4-1)29-18-20-30(21-19-29)31-12-9-15-35(24-31)41(34-13-5-2-6-14-34)36-23-22-32-27-40-38(26-33(32)25-36)37-16-7-8-17-39(37)42-40/h1-27H. The van der Waals surface area contributed by atoms with Crippen LogP contribution in [0.15, 0.2) is 164 Å². The van der Waals surface area contributed by atoms with Crippen molar-refractivity contribution in [2.45, 2.75) is 0 Å². The lowest BCUT2D eigenvalue weighted by Gasteiger charge is -2.26. The van der Waals surface area contributed by atoms with Gasteiger partial charge in [0.25, 0.3) is 0 Å². The molecule has 0 N–H and O–H groups in total. The van der Waals surface area contributed by atoms with Crippen molar-refractivity contribution in [3.05, 3.63) is 164 Å². The molecule has 1 aromatic heterocycles. The van der Waals surface area contributed by atoms with E-state index in [9.17, 15) is 0 Å². The maximum Gasteiger partial charge on any atom is 0.0468 e. The van der Waals surface area contributed by atoms with Gasteiger partial charge in [0.05, 0.1) is 0 Å². The zero-order valence-electron chi connectivity index (χ0n) is 22.9. The molecule has 0 unspecified atom stereocenters. The third-order valence-corrected chi connectivity index (χ3v) is 9.16. The highest BCUT2D eigenvalue weighted by atomic mass is 32.1. The Morgan fingerprint density at radius 2 is 0.952 bits per heavy atom. The van der Waals surface area contributed by atoms with E-state index in [4.69, 9.17) is 0 Å². The van der Waals surface area contributed by atoms with Crippen molar-refractivity contribution in [2.24, 2.45) is 0 Å². The summed E-state index contributed by atoms with van der Waals surface area (Å²) in [6.45, 7) is 0. The van der Waals surface area contributed by atoms with Crippen molar-refractivity contribution in [2.75, 3.05) is 4.90 Å². The molecular weight excluding hydrogens is 527 g/mol. The minimum atomic E-state index is 1.13. The minimum Gasteiger partial charge on any atom is -0.310 e. The van der Waals surface area contributed by atoms with Crippen LogP contribution in [-0.4, -0.2) is 0 Å². The first-order chi connectivity index (χ1) is 20.8. The van der Waals surface area contributed by atoms with Crippen LogP contribution >= 0.6 is 11.3 Å². The summed E-state index contributed by atoms with van der Waals surface area (Å²) in [5.74, 6) is 0. The molecule has 198 valence electrons. The van der Waals surface area contributed by atoms with E-state index in [0.717, 1.165) is 17.1 Å². The first-order valence-corrected chi connectivity index (χ1v) is 15.1. The number of benzene rings is 7. The van der Waals surface area contributed by atoms with Crippen molar-refractivity contribution >= 4 is 59.3 Å². The number of para-hydroxylation sites is 1. The Morgan fingerprint density at radius 3 is 1.76 bits per heavy atom. The molecule has 0 saturated carbocycles. The Labute approximate surface area is 249 Å². The van der Waals surface area contributed by atoms with Gasteiger partial charge < -0.3 is 4.90 Å². The molecule has 0 spiro atoms. The van der Waals surface area contributed by atoms with Crippen LogP contribution < -0.4 is 4.90 Å². The number of anilines is 3. The first-order valence-electron chi connectivity index (χ1n) is 14.3. The van der Waals surface area contributed by atoms with Crippen LogP contribution in [-0.2, 0) is 0 Å². The van der Waals surface area contributed by atoms with E-state index >= 15 is 0 Å². The molecule has 1 heterocycles. The molecule has 0 amide bonds. The average Bonchev–Trinajstić information content (AvgIpc) is 3.42. The summed E-state index contributed by atoms with van der Waals surface area (Å²) < 4.78 is 2.67. The van der Waals surface area contributed by atoms with E-state index in [0.29, 0.717) is 0 Å². The highest BCUT2D eigenvalue weighted by Crippen LogP contribution is 2.40. The lowest BCUT2D eigenvalue weighted by atomic mass is 9.99. The fourth-order valence-electron chi connectivity index (χ4n) is 5.93.